The Morgan fingerprint density at radius 3 is 2.78 bits per heavy atom. The molecule has 3 aliphatic rings. The molecule has 2 fully saturated rings. The van der Waals surface area contributed by atoms with Crippen molar-refractivity contribution in [1.29, 1.82) is 0 Å². The first-order valence-electron chi connectivity index (χ1n) is 12.3. The Morgan fingerprint density at radius 1 is 1.16 bits per heavy atom. The summed E-state index contributed by atoms with van der Waals surface area (Å²) in [6, 6.07) is 6.65. The third-order valence-corrected chi connectivity index (χ3v) is 7.24. The molecule has 6 heteroatoms. The molecule has 0 saturated carbocycles. The Kier molecular flexibility index (Phi) is 5.97. The fourth-order valence-corrected chi connectivity index (χ4v) is 5.68. The average Bonchev–Trinajstić information content (AvgIpc) is 3.26. The van der Waals surface area contributed by atoms with E-state index < -0.39 is 0 Å². The number of H-pyrrole nitrogens is 1. The zero-order valence-corrected chi connectivity index (χ0v) is 19.5. The molecule has 0 aliphatic carbocycles. The molecule has 1 unspecified atom stereocenters. The van der Waals surface area contributed by atoms with Gasteiger partial charge in [-0.3, -0.25) is 14.8 Å². The van der Waals surface area contributed by atoms with Crippen molar-refractivity contribution in [2.45, 2.75) is 76.9 Å². The smallest absolute Gasteiger partial charge is 0.257 e. The first-order chi connectivity index (χ1) is 15.5. The molecule has 3 aliphatic heterocycles. The van der Waals surface area contributed by atoms with E-state index in [9.17, 15) is 4.79 Å². The highest BCUT2D eigenvalue weighted by molar-refractivity contribution is 5.95. The number of benzene rings is 1. The van der Waals surface area contributed by atoms with Gasteiger partial charge < -0.3 is 9.64 Å². The first kappa shape index (κ1) is 21.5. The standard InChI is InChI=1S/C26H36N4O2/c1-26(2)15-21-14-19(9-10-23(21)32-26)17-29-11-7-8-20(18-29)24-22(16-27-28-24)25(31)30-12-5-3-4-6-13-30/h9-10,14,16,20H,3-8,11-13,15,17-18H2,1-2H3,(H,27,28). The van der Waals surface area contributed by atoms with Gasteiger partial charge in [0.05, 0.1) is 17.5 Å². The van der Waals surface area contributed by atoms with E-state index in [0.717, 1.165) is 81.8 Å². The lowest BCUT2D eigenvalue weighted by Crippen LogP contribution is -2.36. The average molecular weight is 437 g/mol. The number of nitrogens with zero attached hydrogens (tertiary/aromatic N) is 3. The maximum absolute atomic E-state index is 13.3. The van der Waals surface area contributed by atoms with Crippen LogP contribution in [-0.4, -0.2) is 57.7 Å². The second-order valence-corrected chi connectivity index (χ2v) is 10.5. The number of aromatic amines is 1. The second kappa shape index (κ2) is 8.89. The van der Waals surface area contributed by atoms with E-state index in [1.165, 1.54) is 24.0 Å². The summed E-state index contributed by atoms with van der Waals surface area (Å²) in [6.07, 6.45) is 9.64. The SMILES string of the molecule is CC1(C)Cc2cc(CN3CCCC(c4[nH]ncc4C(=O)N4CCCCCC4)C3)ccc2O1. The van der Waals surface area contributed by atoms with Crippen LogP contribution in [0.15, 0.2) is 24.4 Å². The minimum Gasteiger partial charge on any atom is -0.487 e. The van der Waals surface area contributed by atoms with Gasteiger partial charge in [-0.2, -0.15) is 5.10 Å². The molecule has 1 atom stereocenters. The molecule has 2 saturated heterocycles. The van der Waals surface area contributed by atoms with E-state index in [-0.39, 0.29) is 11.5 Å². The highest BCUT2D eigenvalue weighted by Gasteiger charge is 2.31. The Bertz CT molecular complexity index is 958. The van der Waals surface area contributed by atoms with Gasteiger partial charge in [-0.05, 0) is 63.3 Å². The van der Waals surface area contributed by atoms with Gasteiger partial charge in [0, 0.05) is 38.5 Å². The number of ether oxygens (including phenoxy) is 1. The molecule has 172 valence electrons. The number of rotatable bonds is 4. The van der Waals surface area contributed by atoms with Crippen LogP contribution >= 0.6 is 0 Å². The molecule has 1 aromatic carbocycles. The largest absolute Gasteiger partial charge is 0.487 e. The van der Waals surface area contributed by atoms with E-state index in [1.54, 1.807) is 6.20 Å². The number of piperidine rings is 1. The lowest BCUT2D eigenvalue weighted by molar-refractivity contribution is 0.0759. The number of fused-ring (bicyclic) bond motifs is 1. The Morgan fingerprint density at radius 2 is 1.97 bits per heavy atom. The summed E-state index contributed by atoms with van der Waals surface area (Å²) in [6.45, 7) is 9.04. The van der Waals surface area contributed by atoms with Crippen LogP contribution in [0.3, 0.4) is 0 Å². The number of hydrogen-bond acceptors (Lipinski definition) is 4. The highest BCUT2D eigenvalue weighted by Crippen LogP contribution is 2.36. The van der Waals surface area contributed by atoms with Crippen LogP contribution in [0.5, 0.6) is 5.75 Å². The number of likely N-dealkylation sites (tertiary alicyclic amines) is 2. The monoisotopic (exact) mass is 436 g/mol. The number of hydrogen-bond donors (Lipinski definition) is 1. The molecular weight excluding hydrogens is 400 g/mol. The molecule has 4 heterocycles. The van der Waals surface area contributed by atoms with E-state index >= 15 is 0 Å². The molecule has 1 amide bonds. The lowest BCUT2D eigenvalue weighted by Gasteiger charge is -2.33. The normalized spacial score (nSPS) is 23.4. The van der Waals surface area contributed by atoms with Crippen LogP contribution in [0, 0.1) is 0 Å². The van der Waals surface area contributed by atoms with Crippen molar-refractivity contribution in [2.24, 2.45) is 0 Å². The molecule has 1 N–H and O–H groups in total. The molecule has 6 nitrogen and oxygen atoms in total. The maximum Gasteiger partial charge on any atom is 0.257 e. The molecule has 0 radical (unpaired) electrons. The van der Waals surface area contributed by atoms with E-state index in [2.05, 4.69) is 47.1 Å². The summed E-state index contributed by atoms with van der Waals surface area (Å²) in [5.41, 5.74) is 4.38. The lowest BCUT2D eigenvalue weighted by atomic mass is 9.91. The van der Waals surface area contributed by atoms with Crippen molar-refractivity contribution in [3.63, 3.8) is 0 Å². The van der Waals surface area contributed by atoms with Gasteiger partial charge in [0.2, 0.25) is 0 Å². The molecule has 5 rings (SSSR count). The van der Waals surface area contributed by atoms with Crippen molar-refractivity contribution in [3.8, 4) is 5.75 Å². The van der Waals surface area contributed by atoms with Crippen LogP contribution in [0.25, 0.3) is 0 Å². The quantitative estimate of drug-likeness (QED) is 0.766. The number of carbonyl (C=O) groups is 1. The summed E-state index contributed by atoms with van der Waals surface area (Å²) in [5, 5.41) is 7.49. The maximum atomic E-state index is 13.3. The molecule has 0 spiro atoms. The highest BCUT2D eigenvalue weighted by atomic mass is 16.5. The number of nitrogens with one attached hydrogen (secondary N) is 1. The Balaban J connectivity index is 1.26. The van der Waals surface area contributed by atoms with Gasteiger partial charge in [-0.1, -0.05) is 25.0 Å². The summed E-state index contributed by atoms with van der Waals surface area (Å²) in [4.78, 5) is 17.8. The molecular formula is C26H36N4O2. The predicted octanol–water partition coefficient (Wildman–Crippen LogP) is 4.52. The predicted molar refractivity (Wildman–Crippen MR) is 125 cm³/mol. The van der Waals surface area contributed by atoms with Gasteiger partial charge in [-0.15, -0.1) is 0 Å². The summed E-state index contributed by atoms with van der Waals surface area (Å²) >= 11 is 0. The number of amides is 1. The Labute approximate surface area is 191 Å². The van der Waals surface area contributed by atoms with Gasteiger partial charge >= 0.3 is 0 Å². The fraction of sp³-hybridized carbons (Fsp3) is 0.615. The third kappa shape index (κ3) is 4.56. The van der Waals surface area contributed by atoms with Crippen molar-refractivity contribution < 1.29 is 9.53 Å². The fourth-order valence-electron chi connectivity index (χ4n) is 5.68. The van der Waals surface area contributed by atoms with Gasteiger partial charge in [0.15, 0.2) is 0 Å². The Hall–Kier alpha value is -2.34. The van der Waals surface area contributed by atoms with Crippen LogP contribution in [0.2, 0.25) is 0 Å². The zero-order chi connectivity index (χ0) is 22.1. The molecule has 0 bridgehead atoms. The van der Waals surface area contributed by atoms with Crippen LogP contribution < -0.4 is 4.74 Å². The minimum atomic E-state index is -0.103. The van der Waals surface area contributed by atoms with Crippen molar-refractivity contribution in [1.82, 2.24) is 20.0 Å². The van der Waals surface area contributed by atoms with Gasteiger partial charge in [0.1, 0.15) is 11.4 Å². The zero-order valence-electron chi connectivity index (χ0n) is 19.5. The summed E-state index contributed by atoms with van der Waals surface area (Å²) in [5.74, 6) is 1.52. The van der Waals surface area contributed by atoms with Crippen molar-refractivity contribution in [3.05, 3.63) is 46.8 Å². The molecule has 1 aromatic heterocycles. The van der Waals surface area contributed by atoms with Crippen molar-refractivity contribution in [2.75, 3.05) is 26.2 Å². The van der Waals surface area contributed by atoms with E-state index in [4.69, 9.17) is 4.74 Å². The van der Waals surface area contributed by atoms with Gasteiger partial charge in [0.25, 0.3) is 5.91 Å². The first-order valence-corrected chi connectivity index (χ1v) is 12.3. The minimum absolute atomic E-state index is 0.103. The van der Waals surface area contributed by atoms with Gasteiger partial charge in [-0.25, -0.2) is 0 Å². The van der Waals surface area contributed by atoms with E-state index in [0.29, 0.717) is 5.92 Å². The van der Waals surface area contributed by atoms with Crippen LogP contribution in [-0.2, 0) is 13.0 Å². The summed E-state index contributed by atoms with van der Waals surface area (Å²) < 4.78 is 6.04. The van der Waals surface area contributed by atoms with Crippen LogP contribution in [0.4, 0.5) is 0 Å². The van der Waals surface area contributed by atoms with Crippen LogP contribution in [0.1, 0.15) is 85.5 Å². The molecule has 32 heavy (non-hydrogen) atoms. The second-order valence-electron chi connectivity index (χ2n) is 10.5. The summed E-state index contributed by atoms with van der Waals surface area (Å²) in [7, 11) is 0. The topological polar surface area (TPSA) is 61.5 Å². The third-order valence-electron chi connectivity index (χ3n) is 7.24. The number of aromatic nitrogens is 2. The molecule has 2 aromatic rings. The van der Waals surface area contributed by atoms with E-state index in [1.807, 2.05) is 4.90 Å². The van der Waals surface area contributed by atoms with Crippen molar-refractivity contribution >= 4 is 5.91 Å². The number of carbonyl (C=O) groups excluding carboxylic acids is 1.